The van der Waals surface area contributed by atoms with Crippen molar-refractivity contribution in [2.24, 2.45) is 0 Å². The molecule has 2 rings (SSSR count). The van der Waals surface area contributed by atoms with Crippen LogP contribution in [-0.2, 0) is 6.54 Å². The fourth-order valence-corrected chi connectivity index (χ4v) is 2.55. The maximum atomic E-state index is 11.0. The minimum Gasteiger partial charge on any atom is -0.477 e. The average Bonchev–Trinajstić information content (AvgIpc) is 2.84. The van der Waals surface area contributed by atoms with Gasteiger partial charge in [0.2, 0.25) is 0 Å². The van der Waals surface area contributed by atoms with Crippen LogP contribution in [0.2, 0.25) is 0 Å². The Morgan fingerprint density at radius 2 is 2.35 bits per heavy atom. The number of hydrogen-bond acceptors (Lipinski definition) is 4. The van der Waals surface area contributed by atoms with Crippen LogP contribution in [0.3, 0.4) is 0 Å². The Bertz CT molecular complexity index is 545. The number of imidazole rings is 1. The van der Waals surface area contributed by atoms with Gasteiger partial charge < -0.3 is 9.67 Å². The fraction of sp³-hybridized carbons (Fsp3) is 0.364. The molecule has 0 aliphatic rings. The van der Waals surface area contributed by atoms with E-state index in [9.17, 15) is 4.79 Å². The molecule has 0 aromatic carbocycles. The van der Waals surface area contributed by atoms with Crippen LogP contribution in [0.5, 0.6) is 0 Å². The number of nitrogens with zero attached hydrogens (tertiary/aromatic N) is 3. The Kier molecular flexibility index (Phi) is 3.23. The van der Waals surface area contributed by atoms with Crippen LogP contribution < -0.4 is 0 Å². The van der Waals surface area contributed by atoms with Crippen molar-refractivity contribution >= 4 is 17.3 Å². The number of aryl methyl sites for hydroxylation is 2. The van der Waals surface area contributed by atoms with Crippen LogP contribution >= 0.6 is 11.3 Å². The van der Waals surface area contributed by atoms with Gasteiger partial charge in [0, 0.05) is 6.54 Å². The molecule has 17 heavy (non-hydrogen) atoms. The lowest BCUT2D eigenvalue weighted by molar-refractivity contribution is 0.0701. The molecule has 0 aliphatic heterocycles. The zero-order valence-corrected chi connectivity index (χ0v) is 10.5. The first-order valence-electron chi connectivity index (χ1n) is 5.34. The summed E-state index contributed by atoms with van der Waals surface area (Å²) in [6.45, 7) is 4.65. The molecule has 0 spiro atoms. The number of aromatic nitrogens is 3. The van der Waals surface area contributed by atoms with E-state index in [4.69, 9.17) is 5.11 Å². The fourth-order valence-electron chi connectivity index (χ4n) is 1.62. The standard InChI is InChI=1S/C11H13N3O2S/c1-3-4-14-6-12-5-8(14)10-13-7(2)9(17-10)11(15)16/h5-6H,3-4H2,1-2H3,(H,15,16). The molecule has 0 bridgehead atoms. The van der Waals surface area contributed by atoms with Gasteiger partial charge in [-0.15, -0.1) is 11.3 Å². The molecule has 0 atom stereocenters. The van der Waals surface area contributed by atoms with E-state index < -0.39 is 5.97 Å². The van der Waals surface area contributed by atoms with E-state index in [1.54, 1.807) is 19.4 Å². The summed E-state index contributed by atoms with van der Waals surface area (Å²) in [6.07, 6.45) is 4.47. The minimum atomic E-state index is -0.923. The summed E-state index contributed by atoms with van der Waals surface area (Å²) in [5.41, 5.74) is 1.44. The number of carboxylic acid groups (broad SMARTS) is 1. The summed E-state index contributed by atoms with van der Waals surface area (Å²) in [5.74, 6) is -0.923. The van der Waals surface area contributed by atoms with Gasteiger partial charge in [0.25, 0.3) is 0 Å². The second kappa shape index (κ2) is 4.67. The first-order valence-corrected chi connectivity index (χ1v) is 6.16. The van der Waals surface area contributed by atoms with Gasteiger partial charge in [-0.25, -0.2) is 14.8 Å². The summed E-state index contributed by atoms with van der Waals surface area (Å²) >= 11 is 1.19. The quantitative estimate of drug-likeness (QED) is 0.906. The zero-order chi connectivity index (χ0) is 12.4. The van der Waals surface area contributed by atoms with E-state index in [-0.39, 0.29) is 0 Å². The number of carboxylic acids is 1. The minimum absolute atomic E-state index is 0.296. The molecule has 0 amide bonds. The third-order valence-corrected chi connectivity index (χ3v) is 3.55. The third-order valence-electron chi connectivity index (χ3n) is 2.39. The van der Waals surface area contributed by atoms with Crippen LogP contribution in [0, 0.1) is 6.92 Å². The Balaban J connectivity index is 2.42. The molecule has 2 aromatic heterocycles. The summed E-state index contributed by atoms with van der Waals surface area (Å²) in [6, 6.07) is 0. The summed E-state index contributed by atoms with van der Waals surface area (Å²) in [7, 11) is 0. The van der Waals surface area contributed by atoms with Gasteiger partial charge in [-0.1, -0.05) is 6.92 Å². The highest BCUT2D eigenvalue weighted by Gasteiger charge is 2.16. The van der Waals surface area contributed by atoms with E-state index in [0.717, 1.165) is 18.7 Å². The second-order valence-corrected chi connectivity index (χ2v) is 4.71. The van der Waals surface area contributed by atoms with Gasteiger partial charge in [-0.05, 0) is 13.3 Å². The van der Waals surface area contributed by atoms with Crippen molar-refractivity contribution in [1.82, 2.24) is 14.5 Å². The Morgan fingerprint density at radius 3 is 2.94 bits per heavy atom. The predicted octanol–water partition coefficient (Wildman–Crippen LogP) is 2.42. The molecule has 0 radical (unpaired) electrons. The lowest BCUT2D eigenvalue weighted by Crippen LogP contribution is -1.96. The van der Waals surface area contributed by atoms with Gasteiger partial charge in [-0.3, -0.25) is 0 Å². The summed E-state index contributed by atoms with van der Waals surface area (Å²) < 4.78 is 1.99. The van der Waals surface area contributed by atoms with E-state index in [1.165, 1.54) is 11.3 Å². The molecule has 0 aliphatic carbocycles. The SMILES string of the molecule is CCCn1cncc1-c1nc(C)c(C(=O)O)s1. The predicted molar refractivity (Wildman–Crippen MR) is 65.3 cm³/mol. The topological polar surface area (TPSA) is 68.0 Å². The van der Waals surface area contributed by atoms with Crippen molar-refractivity contribution in [2.75, 3.05) is 0 Å². The first-order chi connectivity index (χ1) is 8.13. The number of thiazole rings is 1. The molecule has 1 N–H and O–H groups in total. The maximum absolute atomic E-state index is 11.0. The Labute approximate surface area is 103 Å². The van der Waals surface area contributed by atoms with Gasteiger partial charge in [0.05, 0.1) is 23.9 Å². The van der Waals surface area contributed by atoms with E-state index >= 15 is 0 Å². The highest BCUT2D eigenvalue weighted by Crippen LogP contribution is 2.27. The largest absolute Gasteiger partial charge is 0.477 e. The number of hydrogen-bond donors (Lipinski definition) is 1. The molecule has 0 saturated heterocycles. The normalized spacial score (nSPS) is 10.7. The van der Waals surface area contributed by atoms with Gasteiger partial charge >= 0.3 is 5.97 Å². The lowest BCUT2D eigenvalue weighted by Gasteiger charge is -2.02. The Morgan fingerprint density at radius 1 is 1.59 bits per heavy atom. The molecular weight excluding hydrogens is 238 g/mol. The molecule has 0 fully saturated rings. The maximum Gasteiger partial charge on any atom is 0.347 e. The molecule has 0 saturated carbocycles. The van der Waals surface area contributed by atoms with Crippen LogP contribution in [0.4, 0.5) is 0 Å². The summed E-state index contributed by atoms with van der Waals surface area (Å²) in [5, 5.41) is 9.71. The van der Waals surface area contributed by atoms with E-state index in [2.05, 4.69) is 16.9 Å². The van der Waals surface area contributed by atoms with Crippen LogP contribution in [0.25, 0.3) is 10.7 Å². The molecule has 5 nitrogen and oxygen atoms in total. The van der Waals surface area contributed by atoms with Gasteiger partial charge in [0.1, 0.15) is 9.88 Å². The highest BCUT2D eigenvalue weighted by atomic mass is 32.1. The van der Waals surface area contributed by atoms with E-state index in [0.29, 0.717) is 15.6 Å². The van der Waals surface area contributed by atoms with Crippen molar-refractivity contribution in [3.63, 3.8) is 0 Å². The van der Waals surface area contributed by atoms with Crippen molar-refractivity contribution in [1.29, 1.82) is 0 Å². The van der Waals surface area contributed by atoms with Crippen molar-refractivity contribution in [3.05, 3.63) is 23.1 Å². The summed E-state index contributed by atoms with van der Waals surface area (Å²) in [4.78, 5) is 19.6. The Hall–Kier alpha value is -1.69. The number of aromatic carboxylic acids is 1. The van der Waals surface area contributed by atoms with Crippen molar-refractivity contribution < 1.29 is 9.90 Å². The molecular formula is C11H13N3O2S. The lowest BCUT2D eigenvalue weighted by atomic mass is 10.4. The number of carbonyl (C=O) groups is 1. The molecule has 0 unspecified atom stereocenters. The van der Waals surface area contributed by atoms with Crippen LogP contribution in [-0.4, -0.2) is 25.6 Å². The first kappa shape index (κ1) is 11.8. The second-order valence-electron chi connectivity index (χ2n) is 3.71. The smallest absolute Gasteiger partial charge is 0.347 e. The molecule has 2 heterocycles. The van der Waals surface area contributed by atoms with Crippen LogP contribution in [0.15, 0.2) is 12.5 Å². The highest BCUT2D eigenvalue weighted by molar-refractivity contribution is 7.17. The van der Waals surface area contributed by atoms with Gasteiger partial charge in [0.15, 0.2) is 0 Å². The van der Waals surface area contributed by atoms with Gasteiger partial charge in [-0.2, -0.15) is 0 Å². The van der Waals surface area contributed by atoms with Crippen molar-refractivity contribution in [2.45, 2.75) is 26.8 Å². The molecule has 6 heteroatoms. The third kappa shape index (κ3) is 2.21. The zero-order valence-electron chi connectivity index (χ0n) is 9.67. The van der Waals surface area contributed by atoms with Crippen molar-refractivity contribution in [3.8, 4) is 10.7 Å². The van der Waals surface area contributed by atoms with Crippen LogP contribution in [0.1, 0.15) is 28.7 Å². The average molecular weight is 251 g/mol. The molecule has 2 aromatic rings. The van der Waals surface area contributed by atoms with E-state index in [1.807, 2.05) is 4.57 Å². The molecule has 90 valence electrons. The monoisotopic (exact) mass is 251 g/mol. The number of rotatable bonds is 4.